The third kappa shape index (κ3) is 4.97. The summed E-state index contributed by atoms with van der Waals surface area (Å²) in [6.45, 7) is 1.90. The van der Waals surface area contributed by atoms with E-state index in [1.54, 1.807) is 7.11 Å². The predicted molar refractivity (Wildman–Crippen MR) is 122 cm³/mol. The van der Waals surface area contributed by atoms with Crippen molar-refractivity contribution in [1.82, 2.24) is 19.7 Å². The van der Waals surface area contributed by atoms with Gasteiger partial charge in [0.1, 0.15) is 11.5 Å². The van der Waals surface area contributed by atoms with E-state index in [0.29, 0.717) is 21.9 Å². The number of thioether (sulfide) groups is 1. The van der Waals surface area contributed by atoms with Gasteiger partial charge < -0.3 is 19.4 Å². The van der Waals surface area contributed by atoms with Crippen molar-refractivity contribution in [3.8, 4) is 11.5 Å². The van der Waals surface area contributed by atoms with Gasteiger partial charge in [-0.2, -0.15) is 0 Å². The number of nitrogens with zero attached hydrogens (tertiary/aromatic N) is 4. The van der Waals surface area contributed by atoms with Crippen LogP contribution in [0.2, 0.25) is 0 Å². The largest absolute Gasteiger partial charge is 0.497 e. The standard InChI is InChI=1S/C21H21N5O3S2/c1-13(29-15-8-6-7-14(11-15)28-3)19-24-25-21(26(19)2)30-12-18(27)23-20-22-16-9-4-5-10-17(16)31-20/h4-11,13H,12H2,1-3H3,(H,22,23,27). The second-order valence-electron chi connectivity index (χ2n) is 6.66. The molecule has 10 heteroatoms. The van der Waals surface area contributed by atoms with Crippen LogP contribution in [0.5, 0.6) is 11.5 Å². The number of ether oxygens (including phenoxy) is 2. The first-order valence-corrected chi connectivity index (χ1v) is 11.3. The van der Waals surface area contributed by atoms with E-state index in [2.05, 4.69) is 20.5 Å². The summed E-state index contributed by atoms with van der Waals surface area (Å²) in [5.74, 6) is 2.12. The number of amides is 1. The van der Waals surface area contributed by atoms with Gasteiger partial charge in [0.2, 0.25) is 5.91 Å². The molecule has 1 N–H and O–H groups in total. The number of fused-ring (bicyclic) bond motifs is 1. The molecule has 1 atom stereocenters. The zero-order valence-corrected chi connectivity index (χ0v) is 18.9. The van der Waals surface area contributed by atoms with Crippen LogP contribution < -0.4 is 14.8 Å². The highest BCUT2D eigenvalue weighted by atomic mass is 32.2. The zero-order valence-electron chi connectivity index (χ0n) is 17.2. The summed E-state index contributed by atoms with van der Waals surface area (Å²) in [7, 11) is 3.47. The summed E-state index contributed by atoms with van der Waals surface area (Å²) >= 11 is 2.76. The maximum absolute atomic E-state index is 12.4. The van der Waals surface area contributed by atoms with E-state index in [0.717, 1.165) is 16.0 Å². The fourth-order valence-corrected chi connectivity index (χ4v) is 4.55. The highest BCUT2D eigenvalue weighted by molar-refractivity contribution is 7.99. The first-order chi connectivity index (χ1) is 15.0. The van der Waals surface area contributed by atoms with Crippen molar-refractivity contribution >= 4 is 44.4 Å². The Morgan fingerprint density at radius 3 is 2.81 bits per heavy atom. The third-order valence-corrected chi connectivity index (χ3v) is 6.43. The average Bonchev–Trinajstić information content (AvgIpc) is 3.34. The minimum atomic E-state index is -0.324. The Morgan fingerprint density at radius 1 is 1.19 bits per heavy atom. The van der Waals surface area contributed by atoms with Crippen molar-refractivity contribution in [1.29, 1.82) is 0 Å². The number of carbonyl (C=O) groups excluding carboxylic acids is 1. The summed E-state index contributed by atoms with van der Waals surface area (Å²) in [4.78, 5) is 16.8. The molecule has 4 rings (SSSR count). The molecule has 1 amide bonds. The van der Waals surface area contributed by atoms with Crippen LogP contribution in [-0.2, 0) is 11.8 Å². The third-order valence-electron chi connectivity index (χ3n) is 4.46. The number of carbonyl (C=O) groups is 1. The zero-order chi connectivity index (χ0) is 21.8. The second-order valence-corrected chi connectivity index (χ2v) is 8.64. The molecule has 0 saturated carbocycles. The van der Waals surface area contributed by atoms with Crippen LogP contribution in [-0.4, -0.2) is 38.5 Å². The number of aromatic nitrogens is 4. The van der Waals surface area contributed by atoms with Crippen LogP contribution in [0.25, 0.3) is 10.2 Å². The van der Waals surface area contributed by atoms with E-state index in [4.69, 9.17) is 9.47 Å². The van der Waals surface area contributed by atoms with Gasteiger partial charge in [-0.1, -0.05) is 41.3 Å². The minimum Gasteiger partial charge on any atom is -0.497 e. The summed E-state index contributed by atoms with van der Waals surface area (Å²) in [6.07, 6.45) is -0.324. The average molecular weight is 456 g/mol. The molecule has 0 aliphatic rings. The normalized spacial score (nSPS) is 12.0. The Labute approximate surface area is 187 Å². The van der Waals surface area contributed by atoms with Crippen LogP contribution in [0.1, 0.15) is 18.9 Å². The van der Waals surface area contributed by atoms with Crippen molar-refractivity contribution < 1.29 is 14.3 Å². The molecular formula is C21H21N5O3S2. The van der Waals surface area contributed by atoms with E-state index >= 15 is 0 Å². The molecule has 2 heterocycles. The van der Waals surface area contributed by atoms with Crippen molar-refractivity contribution in [3.63, 3.8) is 0 Å². The molecule has 1 unspecified atom stereocenters. The molecule has 2 aromatic carbocycles. The Morgan fingerprint density at radius 2 is 2.00 bits per heavy atom. The summed E-state index contributed by atoms with van der Waals surface area (Å²) in [5.41, 5.74) is 0.874. The smallest absolute Gasteiger partial charge is 0.236 e. The van der Waals surface area contributed by atoms with Gasteiger partial charge in [-0.3, -0.25) is 4.79 Å². The maximum Gasteiger partial charge on any atom is 0.236 e. The molecule has 4 aromatic rings. The first-order valence-electron chi connectivity index (χ1n) is 9.51. The fraction of sp³-hybridized carbons (Fsp3) is 0.238. The molecule has 0 bridgehead atoms. The van der Waals surface area contributed by atoms with Crippen LogP contribution in [0.4, 0.5) is 5.13 Å². The van der Waals surface area contributed by atoms with Crippen LogP contribution in [0.15, 0.2) is 53.7 Å². The molecule has 0 radical (unpaired) electrons. The van der Waals surface area contributed by atoms with Crippen LogP contribution in [0, 0.1) is 0 Å². The monoisotopic (exact) mass is 455 g/mol. The Kier molecular flexibility index (Phi) is 6.38. The lowest BCUT2D eigenvalue weighted by atomic mass is 10.3. The van der Waals surface area contributed by atoms with Gasteiger partial charge >= 0.3 is 0 Å². The quantitative estimate of drug-likeness (QED) is 0.396. The molecule has 160 valence electrons. The van der Waals surface area contributed by atoms with E-state index in [1.165, 1.54) is 23.1 Å². The maximum atomic E-state index is 12.4. The van der Waals surface area contributed by atoms with Gasteiger partial charge in [-0.15, -0.1) is 10.2 Å². The number of methoxy groups -OCH3 is 1. The van der Waals surface area contributed by atoms with E-state index in [1.807, 2.05) is 67.1 Å². The molecule has 0 saturated heterocycles. The summed E-state index contributed by atoms with van der Waals surface area (Å²) in [6, 6.07) is 15.2. The van der Waals surface area contributed by atoms with Crippen molar-refractivity contribution in [2.45, 2.75) is 18.2 Å². The minimum absolute atomic E-state index is 0.144. The number of anilines is 1. The lowest BCUT2D eigenvalue weighted by Crippen LogP contribution is -2.14. The first kappa shape index (κ1) is 21.1. The molecular weight excluding hydrogens is 434 g/mol. The molecule has 8 nitrogen and oxygen atoms in total. The van der Waals surface area contributed by atoms with Crippen molar-refractivity contribution in [3.05, 3.63) is 54.4 Å². The molecule has 0 spiro atoms. The van der Waals surface area contributed by atoms with Crippen molar-refractivity contribution in [2.24, 2.45) is 7.05 Å². The van der Waals surface area contributed by atoms with E-state index in [9.17, 15) is 4.79 Å². The lowest BCUT2D eigenvalue weighted by molar-refractivity contribution is -0.113. The van der Waals surface area contributed by atoms with Gasteiger partial charge in [0.05, 0.1) is 23.1 Å². The molecule has 0 aliphatic heterocycles. The number of benzene rings is 2. The highest BCUT2D eigenvalue weighted by Gasteiger charge is 2.18. The van der Waals surface area contributed by atoms with Crippen LogP contribution in [0.3, 0.4) is 0 Å². The lowest BCUT2D eigenvalue weighted by Gasteiger charge is -2.14. The summed E-state index contributed by atoms with van der Waals surface area (Å²) < 4.78 is 14.1. The molecule has 0 fully saturated rings. The van der Waals surface area contributed by atoms with Crippen LogP contribution >= 0.6 is 23.1 Å². The van der Waals surface area contributed by atoms with Gasteiger partial charge in [-0.25, -0.2) is 4.98 Å². The number of para-hydroxylation sites is 1. The van der Waals surface area contributed by atoms with E-state index in [-0.39, 0.29) is 17.8 Å². The topological polar surface area (TPSA) is 91.2 Å². The second kappa shape index (κ2) is 9.36. The number of hydrogen-bond donors (Lipinski definition) is 1. The van der Waals surface area contributed by atoms with Gasteiger partial charge in [0, 0.05) is 13.1 Å². The molecule has 31 heavy (non-hydrogen) atoms. The molecule has 0 aliphatic carbocycles. The summed E-state index contributed by atoms with van der Waals surface area (Å²) in [5, 5.41) is 12.5. The van der Waals surface area contributed by atoms with Gasteiger partial charge in [0.25, 0.3) is 0 Å². The fourth-order valence-electron chi connectivity index (χ4n) is 2.95. The Bertz CT molecular complexity index is 1170. The van der Waals surface area contributed by atoms with Gasteiger partial charge in [-0.05, 0) is 31.2 Å². The predicted octanol–water partition coefficient (Wildman–Crippen LogP) is 4.30. The highest BCUT2D eigenvalue weighted by Crippen LogP contribution is 2.27. The number of hydrogen-bond acceptors (Lipinski definition) is 8. The Balaban J connectivity index is 1.35. The van der Waals surface area contributed by atoms with E-state index < -0.39 is 0 Å². The number of nitrogens with one attached hydrogen (secondary N) is 1. The van der Waals surface area contributed by atoms with Gasteiger partial charge in [0.15, 0.2) is 22.2 Å². The SMILES string of the molecule is COc1cccc(OC(C)c2nnc(SCC(=O)Nc3nc4ccccc4s3)n2C)c1. The number of rotatable bonds is 8. The molecule has 2 aromatic heterocycles. The number of thiazole rings is 1. The Hall–Kier alpha value is -3.11. The van der Waals surface area contributed by atoms with Crippen molar-refractivity contribution in [2.75, 3.05) is 18.2 Å².